The molecule has 1 heterocycles. The Balaban J connectivity index is 2.32. The van der Waals surface area contributed by atoms with Crippen LogP contribution in [-0.2, 0) is 0 Å². The standard InChI is InChI=1S/C11H9Cl2N5O3/c1-17(2)10-14-9(13)15-11(16-10)21-8-4-3-6(18(19)20)5-7(8)12/h3-5H,1-2H3. The van der Waals surface area contributed by atoms with E-state index in [1.807, 2.05) is 0 Å². The van der Waals surface area contributed by atoms with E-state index in [4.69, 9.17) is 27.9 Å². The van der Waals surface area contributed by atoms with Crippen LogP contribution in [0.5, 0.6) is 11.8 Å². The predicted octanol–water partition coefficient (Wildman–Crippen LogP) is 2.94. The summed E-state index contributed by atoms with van der Waals surface area (Å²) >= 11 is 11.7. The number of non-ortho nitro benzene ring substituents is 1. The van der Waals surface area contributed by atoms with Crippen molar-refractivity contribution in [1.29, 1.82) is 0 Å². The molecule has 0 aliphatic rings. The van der Waals surface area contributed by atoms with Crippen LogP contribution in [0, 0.1) is 10.1 Å². The summed E-state index contributed by atoms with van der Waals surface area (Å²) in [6.07, 6.45) is 0. The fourth-order valence-corrected chi connectivity index (χ4v) is 1.71. The molecule has 1 aromatic carbocycles. The molecule has 0 fully saturated rings. The molecule has 1 aromatic heterocycles. The molecule has 0 N–H and O–H groups in total. The average Bonchev–Trinajstić information content (AvgIpc) is 2.40. The van der Waals surface area contributed by atoms with Gasteiger partial charge in [0.05, 0.1) is 9.95 Å². The summed E-state index contributed by atoms with van der Waals surface area (Å²) in [5.74, 6) is 0.484. The minimum Gasteiger partial charge on any atom is -0.423 e. The van der Waals surface area contributed by atoms with E-state index in [0.29, 0.717) is 5.95 Å². The highest BCUT2D eigenvalue weighted by Crippen LogP contribution is 2.31. The van der Waals surface area contributed by atoms with E-state index >= 15 is 0 Å². The Morgan fingerprint density at radius 1 is 1.24 bits per heavy atom. The van der Waals surface area contributed by atoms with E-state index in [0.717, 1.165) is 0 Å². The van der Waals surface area contributed by atoms with Gasteiger partial charge in [-0.25, -0.2) is 0 Å². The van der Waals surface area contributed by atoms with E-state index in [-0.39, 0.29) is 27.8 Å². The van der Waals surface area contributed by atoms with Gasteiger partial charge in [0.1, 0.15) is 5.75 Å². The summed E-state index contributed by atoms with van der Waals surface area (Å²) in [5, 5.41) is 10.7. The van der Waals surface area contributed by atoms with E-state index in [2.05, 4.69) is 15.0 Å². The van der Waals surface area contributed by atoms with E-state index in [1.165, 1.54) is 18.2 Å². The van der Waals surface area contributed by atoms with Crippen LogP contribution in [0.15, 0.2) is 18.2 Å². The molecule has 0 radical (unpaired) electrons. The molecule has 8 nitrogen and oxygen atoms in total. The lowest BCUT2D eigenvalue weighted by atomic mass is 10.3. The molecule has 0 saturated carbocycles. The van der Waals surface area contributed by atoms with Crippen molar-refractivity contribution < 1.29 is 9.66 Å². The summed E-state index contributed by atoms with van der Waals surface area (Å²) < 4.78 is 5.39. The van der Waals surface area contributed by atoms with E-state index < -0.39 is 4.92 Å². The SMILES string of the molecule is CN(C)c1nc(Cl)nc(Oc2ccc([N+](=O)[O-])cc2Cl)n1. The largest absolute Gasteiger partial charge is 0.423 e. The zero-order valence-electron chi connectivity index (χ0n) is 10.9. The Morgan fingerprint density at radius 2 is 1.95 bits per heavy atom. The van der Waals surface area contributed by atoms with Gasteiger partial charge in [-0.1, -0.05) is 11.6 Å². The molecule has 0 bridgehead atoms. The van der Waals surface area contributed by atoms with Gasteiger partial charge in [0.25, 0.3) is 5.69 Å². The second-order valence-electron chi connectivity index (χ2n) is 4.06. The van der Waals surface area contributed by atoms with Crippen LogP contribution in [0.1, 0.15) is 0 Å². The maximum absolute atomic E-state index is 10.6. The summed E-state index contributed by atoms with van der Waals surface area (Å²) in [4.78, 5) is 23.4. The van der Waals surface area contributed by atoms with Crippen LogP contribution < -0.4 is 9.64 Å². The minimum atomic E-state index is -0.556. The number of benzene rings is 1. The van der Waals surface area contributed by atoms with Crippen LogP contribution in [-0.4, -0.2) is 34.0 Å². The zero-order valence-corrected chi connectivity index (χ0v) is 12.5. The Morgan fingerprint density at radius 3 is 2.52 bits per heavy atom. The number of ether oxygens (including phenoxy) is 1. The molecule has 10 heteroatoms. The van der Waals surface area contributed by atoms with Crippen molar-refractivity contribution in [1.82, 2.24) is 15.0 Å². The maximum Gasteiger partial charge on any atom is 0.328 e. The van der Waals surface area contributed by atoms with Gasteiger partial charge in [-0.15, -0.1) is 0 Å². The van der Waals surface area contributed by atoms with Gasteiger partial charge >= 0.3 is 6.01 Å². The second kappa shape index (κ2) is 6.06. The normalized spacial score (nSPS) is 10.3. The van der Waals surface area contributed by atoms with Crippen LogP contribution >= 0.6 is 23.2 Å². The van der Waals surface area contributed by atoms with Gasteiger partial charge in [-0.3, -0.25) is 10.1 Å². The molecule has 0 aliphatic heterocycles. The lowest BCUT2D eigenvalue weighted by molar-refractivity contribution is -0.384. The van der Waals surface area contributed by atoms with E-state index in [1.54, 1.807) is 19.0 Å². The number of nitro benzene ring substituents is 1. The van der Waals surface area contributed by atoms with Crippen molar-refractivity contribution in [3.63, 3.8) is 0 Å². The minimum absolute atomic E-state index is 0.0401. The smallest absolute Gasteiger partial charge is 0.328 e. The topological polar surface area (TPSA) is 94.3 Å². The molecule has 110 valence electrons. The number of anilines is 1. The quantitative estimate of drug-likeness (QED) is 0.628. The third-order valence-electron chi connectivity index (χ3n) is 2.30. The summed E-state index contributed by atoms with van der Waals surface area (Å²) in [6.45, 7) is 0. The maximum atomic E-state index is 10.6. The summed E-state index contributed by atoms with van der Waals surface area (Å²) in [6, 6.07) is 3.73. The number of nitro groups is 1. The van der Waals surface area contributed by atoms with Crippen LogP contribution in [0.4, 0.5) is 11.6 Å². The number of halogens is 2. The monoisotopic (exact) mass is 329 g/mol. The van der Waals surface area contributed by atoms with Crippen molar-refractivity contribution in [3.8, 4) is 11.8 Å². The molecular weight excluding hydrogens is 321 g/mol. The summed E-state index contributed by atoms with van der Waals surface area (Å²) in [5.41, 5.74) is -0.144. The molecule has 2 rings (SSSR count). The number of aromatic nitrogens is 3. The van der Waals surface area contributed by atoms with Gasteiger partial charge < -0.3 is 9.64 Å². The Labute approximate surface area is 129 Å². The molecule has 0 saturated heterocycles. The lowest BCUT2D eigenvalue weighted by Gasteiger charge is -2.11. The highest BCUT2D eigenvalue weighted by atomic mass is 35.5. The molecule has 0 unspecified atom stereocenters. The third-order valence-corrected chi connectivity index (χ3v) is 2.77. The van der Waals surface area contributed by atoms with E-state index in [9.17, 15) is 10.1 Å². The fraction of sp³-hybridized carbons (Fsp3) is 0.182. The number of hydrogen-bond acceptors (Lipinski definition) is 7. The first kappa shape index (κ1) is 15.2. The van der Waals surface area contributed by atoms with Crippen LogP contribution in [0.3, 0.4) is 0 Å². The van der Waals surface area contributed by atoms with Gasteiger partial charge in [0.2, 0.25) is 11.2 Å². The highest BCUT2D eigenvalue weighted by Gasteiger charge is 2.14. The molecule has 2 aromatic rings. The second-order valence-corrected chi connectivity index (χ2v) is 4.80. The first-order valence-corrected chi connectivity index (χ1v) is 6.33. The van der Waals surface area contributed by atoms with Crippen molar-refractivity contribution in [2.45, 2.75) is 0 Å². The Hall–Kier alpha value is -2.19. The lowest BCUT2D eigenvalue weighted by Crippen LogP contribution is -2.13. The van der Waals surface area contributed by atoms with Gasteiger partial charge in [0.15, 0.2) is 0 Å². The van der Waals surface area contributed by atoms with Crippen LogP contribution in [0.25, 0.3) is 0 Å². The Kier molecular flexibility index (Phi) is 4.39. The van der Waals surface area contributed by atoms with Gasteiger partial charge in [-0.2, -0.15) is 15.0 Å². The molecule has 21 heavy (non-hydrogen) atoms. The zero-order chi connectivity index (χ0) is 15.6. The number of nitrogens with zero attached hydrogens (tertiary/aromatic N) is 5. The van der Waals surface area contributed by atoms with Crippen LogP contribution in [0.2, 0.25) is 10.3 Å². The third kappa shape index (κ3) is 3.67. The predicted molar refractivity (Wildman–Crippen MR) is 77.3 cm³/mol. The van der Waals surface area contributed by atoms with Crippen molar-refractivity contribution in [2.24, 2.45) is 0 Å². The number of rotatable bonds is 4. The fourth-order valence-electron chi connectivity index (χ4n) is 1.35. The van der Waals surface area contributed by atoms with Crippen molar-refractivity contribution in [3.05, 3.63) is 38.6 Å². The molecule has 0 atom stereocenters. The molecular formula is C11H9Cl2N5O3. The molecule has 0 spiro atoms. The number of hydrogen-bond donors (Lipinski definition) is 0. The first-order chi connectivity index (χ1) is 9.86. The Bertz CT molecular complexity index is 696. The van der Waals surface area contributed by atoms with Crippen molar-refractivity contribution >= 4 is 34.8 Å². The molecule has 0 amide bonds. The summed E-state index contributed by atoms with van der Waals surface area (Å²) in [7, 11) is 3.46. The highest BCUT2D eigenvalue weighted by molar-refractivity contribution is 6.32. The average molecular weight is 330 g/mol. The van der Waals surface area contributed by atoms with Crippen molar-refractivity contribution in [2.75, 3.05) is 19.0 Å². The first-order valence-electron chi connectivity index (χ1n) is 5.57. The van der Waals surface area contributed by atoms with Gasteiger partial charge in [0, 0.05) is 26.2 Å². The molecule has 0 aliphatic carbocycles. The van der Waals surface area contributed by atoms with Gasteiger partial charge in [-0.05, 0) is 17.7 Å².